The zero-order chi connectivity index (χ0) is 11.6. The van der Waals surface area contributed by atoms with Crippen molar-refractivity contribution in [1.82, 2.24) is 4.98 Å². The highest BCUT2D eigenvalue weighted by atomic mass is 19.3. The highest BCUT2D eigenvalue weighted by molar-refractivity contribution is 5.42. The van der Waals surface area contributed by atoms with Gasteiger partial charge in [-0.25, -0.2) is 8.78 Å². The Morgan fingerprint density at radius 2 is 2.27 bits per heavy atom. The fourth-order valence-electron chi connectivity index (χ4n) is 0.999. The van der Waals surface area contributed by atoms with E-state index in [1.807, 2.05) is 0 Å². The van der Waals surface area contributed by atoms with Gasteiger partial charge in [0.15, 0.2) is 5.75 Å². The van der Waals surface area contributed by atoms with Gasteiger partial charge in [0, 0.05) is 18.2 Å². The summed E-state index contributed by atoms with van der Waals surface area (Å²) in [5.41, 5.74) is 3.98. The van der Waals surface area contributed by atoms with Gasteiger partial charge >= 0.3 is 12.2 Å². The molecular formula is C7H7F2N3O3. The molecule has 0 aliphatic rings. The van der Waals surface area contributed by atoms with Gasteiger partial charge in [-0.05, 0) is 9.91 Å². The van der Waals surface area contributed by atoms with Crippen LogP contribution in [-0.4, -0.2) is 15.0 Å². The second-order valence-electron chi connectivity index (χ2n) is 2.64. The lowest BCUT2D eigenvalue weighted by atomic mass is 10.2. The predicted octanol–water partition coefficient (Wildman–Crippen LogP) is 1.09. The van der Waals surface area contributed by atoms with Gasteiger partial charge in [-0.3, -0.25) is 0 Å². The first kappa shape index (κ1) is 11.2. The molecule has 15 heavy (non-hydrogen) atoms. The van der Waals surface area contributed by atoms with E-state index >= 15 is 0 Å². The molecule has 0 bridgehead atoms. The minimum absolute atomic E-state index is 0.132. The number of nitrogens with two attached hydrogens (primary N) is 1. The van der Waals surface area contributed by atoms with Crippen molar-refractivity contribution in [2.45, 2.75) is 13.0 Å². The number of aromatic hydroxyl groups is 1. The molecular weight excluding hydrogens is 212 g/mol. The van der Waals surface area contributed by atoms with E-state index in [1.165, 1.54) is 0 Å². The van der Waals surface area contributed by atoms with Gasteiger partial charge in [0.2, 0.25) is 0 Å². The van der Waals surface area contributed by atoms with E-state index in [-0.39, 0.29) is 12.1 Å². The molecule has 0 saturated heterocycles. The van der Waals surface area contributed by atoms with E-state index in [0.717, 1.165) is 6.07 Å². The topological polar surface area (TPSA) is 102 Å². The average molecular weight is 219 g/mol. The fraction of sp³-hybridized carbons (Fsp3) is 0.286. The molecule has 1 heterocycles. The molecule has 0 saturated carbocycles. The van der Waals surface area contributed by atoms with Crippen molar-refractivity contribution in [2.24, 2.45) is 5.73 Å². The SMILES string of the molecule is NCc1cc([N+](=O)[O-])nc(C(F)F)c1O. The number of hydrogen-bond acceptors (Lipinski definition) is 5. The summed E-state index contributed by atoms with van der Waals surface area (Å²) in [6.07, 6.45) is -3.09. The third kappa shape index (κ3) is 2.15. The summed E-state index contributed by atoms with van der Waals surface area (Å²) < 4.78 is 24.6. The zero-order valence-corrected chi connectivity index (χ0v) is 7.35. The second-order valence-corrected chi connectivity index (χ2v) is 2.64. The molecule has 8 heteroatoms. The molecule has 1 aromatic heterocycles. The van der Waals surface area contributed by atoms with E-state index in [9.17, 15) is 24.0 Å². The first-order valence-corrected chi connectivity index (χ1v) is 3.82. The van der Waals surface area contributed by atoms with Crippen molar-refractivity contribution in [3.63, 3.8) is 0 Å². The summed E-state index contributed by atoms with van der Waals surface area (Å²) in [7, 11) is 0. The van der Waals surface area contributed by atoms with Crippen LogP contribution in [0.3, 0.4) is 0 Å². The minimum atomic E-state index is -3.09. The smallest absolute Gasteiger partial charge is 0.364 e. The van der Waals surface area contributed by atoms with Crippen LogP contribution in [0.15, 0.2) is 6.07 Å². The van der Waals surface area contributed by atoms with Crippen LogP contribution in [0.5, 0.6) is 5.75 Å². The second kappa shape index (κ2) is 4.13. The number of nitrogens with zero attached hydrogens (tertiary/aromatic N) is 2. The number of pyridine rings is 1. The molecule has 0 aliphatic carbocycles. The number of halogens is 2. The van der Waals surface area contributed by atoms with Crippen LogP contribution in [0.4, 0.5) is 14.6 Å². The number of aromatic nitrogens is 1. The highest BCUT2D eigenvalue weighted by Gasteiger charge is 2.26. The largest absolute Gasteiger partial charge is 0.504 e. The first-order chi connectivity index (χ1) is 6.97. The lowest BCUT2D eigenvalue weighted by Gasteiger charge is -2.03. The van der Waals surface area contributed by atoms with Crippen LogP contribution < -0.4 is 5.73 Å². The van der Waals surface area contributed by atoms with E-state index in [2.05, 4.69) is 4.98 Å². The standard InChI is InChI=1S/C7H7F2N3O3/c8-7(9)5-6(13)3(2-10)1-4(11-5)12(14)15/h1,7,13H,2,10H2. The van der Waals surface area contributed by atoms with Gasteiger partial charge < -0.3 is 21.0 Å². The Kier molecular flexibility index (Phi) is 3.10. The van der Waals surface area contributed by atoms with Crippen LogP contribution in [0, 0.1) is 10.1 Å². The Morgan fingerprint density at radius 1 is 1.67 bits per heavy atom. The molecule has 0 atom stereocenters. The summed E-state index contributed by atoms with van der Waals surface area (Å²) in [5, 5.41) is 19.6. The Hall–Kier alpha value is -1.83. The van der Waals surface area contributed by atoms with E-state index in [0.29, 0.717) is 0 Å². The molecule has 0 spiro atoms. The molecule has 0 radical (unpaired) electrons. The molecule has 1 rings (SSSR count). The Bertz CT molecular complexity index is 397. The maximum absolute atomic E-state index is 12.3. The quantitative estimate of drug-likeness (QED) is 0.585. The average Bonchev–Trinajstić information content (AvgIpc) is 2.17. The molecule has 0 aliphatic heterocycles. The normalized spacial score (nSPS) is 10.7. The molecule has 0 unspecified atom stereocenters. The van der Waals surface area contributed by atoms with Crippen LogP contribution >= 0.6 is 0 Å². The summed E-state index contributed by atoms with van der Waals surface area (Å²) in [6.45, 7) is -0.283. The van der Waals surface area contributed by atoms with Crippen molar-refractivity contribution in [2.75, 3.05) is 0 Å². The Morgan fingerprint density at radius 3 is 2.67 bits per heavy atom. The van der Waals surface area contributed by atoms with Gasteiger partial charge in [0.05, 0.1) is 0 Å². The van der Waals surface area contributed by atoms with Crippen molar-refractivity contribution >= 4 is 5.82 Å². The molecule has 0 aromatic carbocycles. The minimum Gasteiger partial charge on any atom is -0.504 e. The van der Waals surface area contributed by atoms with Gasteiger partial charge in [-0.2, -0.15) is 0 Å². The van der Waals surface area contributed by atoms with Gasteiger partial charge in [-0.15, -0.1) is 0 Å². The maximum atomic E-state index is 12.3. The van der Waals surface area contributed by atoms with E-state index in [1.54, 1.807) is 0 Å². The summed E-state index contributed by atoms with van der Waals surface area (Å²) >= 11 is 0. The van der Waals surface area contributed by atoms with Crippen LogP contribution in [0.2, 0.25) is 0 Å². The molecule has 1 aromatic rings. The summed E-state index contributed by atoms with van der Waals surface area (Å²) in [4.78, 5) is 12.4. The van der Waals surface area contributed by atoms with Gasteiger partial charge in [0.25, 0.3) is 5.69 Å². The molecule has 0 amide bonds. The van der Waals surface area contributed by atoms with Crippen LogP contribution in [-0.2, 0) is 6.54 Å². The third-order valence-electron chi connectivity index (χ3n) is 1.70. The van der Waals surface area contributed by atoms with Gasteiger partial charge in [-0.1, -0.05) is 0 Å². The molecule has 0 fully saturated rings. The fourth-order valence-corrected chi connectivity index (χ4v) is 0.999. The Labute approximate surface area is 82.5 Å². The van der Waals surface area contributed by atoms with Crippen molar-refractivity contribution in [3.05, 3.63) is 27.4 Å². The number of nitro groups is 1. The van der Waals surface area contributed by atoms with E-state index in [4.69, 9.17) is 5.73 Å². The van der Waals surface area contributed by atoms with Crippen LogP contribution in [0.25, 0.3) is 0 Å². The third-order valence-corrected chi connectivity index (χ3v) is 1.70. The highest BCUT2D eigenvalue weighted by Crippen LogP contribution is 2.31. The van der Waals surface area contributed by atoms with Crippen molar-refractivity contribution in [1.29, 1.82) is 0 Å². The number of hydrogen-bond donors (Lipinski definition) is 2. The summed E-state index contributed by atoms with van der Waals surface area (Å²) in [6, 6.07) is 0.862. The maximum Gasteiger partial charge on any atom is 0.364 e. The van der Waals surface area contributed by atoms with Crippen molar-refractivity contribution < 1.29 is 18.8 Å². The van der Waals surface area contributed by atoms with Crippen LogP contribution in [0.1, 0.15) is 17.7 Å². The Balaban J connectivity index is 3.38. The van der Waals surface area contributed by atoms with Gasteiger partial charge in [0.1, 0.15) is 0 Å². The molecule has 82 valence electrons. The predicted molar refractivity (Wildman–Crippen MR) is 45.4 cm³/mol. The number of rotatable bonds is 3. The zero-order valence-electron chi connectivity index (χ0n) is 7.35. The monoisotopic (exact) mass is 219 g/mol. The first-order valence-electron chi connectivity index (χ1n) is 3.82. The lowest BCUT2D eigenvalue weighted by Crippen LogP contribution is -2.04. The lowest BCUT2D eigenvalue weighted by molar-refractivity contribution is -0.389. The summed E-state index contributed by atoms with van der Waals surface area (Å²) in [5.74, 6) is -1.55. The van der Waals surface area contributed by atoms with Crippen molar-refractivity contribution in [3.8, 4) is 5.75 Å². The molecule has 6 nitrogen and oxygen atoms in total. The van der Waals surface area contributed by atoms with E-state index < -0.39 is 28.6 Å². The molecule has 3 N–H and O–H groups in total. The number of alkyl halides is 2.